The van der Waals surface area contributed by atoms with Crippen LogP contribution in [0.4, 0.5) is 4.39 Å². The zero-order valence-corrected chi connectivity index (χ0v) is 16.4. The van der Waals surface area contributed by atoms with Gasteiger partial charge in [0.1, 0.15) is 11.5 Å². The molecule has 5 nitrogen and oxygen atoms in total. The van der Waals surface area contributed by atoms with Crippen molar-refractivity contribution in [2.75, 3.05) is 26.2 Å². The van der Waals surface area contributed by atoms with Gasteiger partial charge in [0.15, 0.2) is 5.69 Å². The molecule has 0 spiro atoms. The van der Waals surface area contributed by atoms with E-state index >= 15 is 0 Å². The quantitative estimate of drug-likeness (QED) is 0.674. The summed E-state index contributed by atoms with van der Waals surface area (Å²) in [5, 5.41) is 4.44. The van der Waals surface area contributed by atoms with Gasteiger partial charge in [-0.2, -0.15) is 5.10 Å². The minimum Gasteiger partial charge on any atom is -0.334 e. The molecule has 1 saturated heterocycles. The van der Waals surface area contributed by atoms with E-state index in [1.165, 1.54) is 21.9 Å². The van der Waals surface area contributed by atoms with Crippen molar-refractivity contribution in [1.29, 1.82) is 0 Å². The average molecular weight is 390 g/mol. The van der Waals surface area contributed by atoms with Crippen molar-refractivity contribution >= 4 is 5.91 Å². The lowest BCUT2D eigenvalue weighted by molar-refractivity contribution is 0.0448. The molecule has 2 aromatic carbocycles. The van der Waals surface area contributed by atoms with Gasteiger partial charge in [-0.25, -0.2) is 9.07 Å². The molecule has 1 amide bonds. The van der Waals surface area contributed by atoms with Crippen molar-refractivity contribution in [3.8, 4) is 5.69 Å². The molecule has 0 aliphatic carbocycles. The maximum Gasteiger partial charge on any atom is 0.274 e. The highest BCUT2D eigenvalue weighted by Gasteiger charge is 2.35. The number of carbonyl (C=O) groups is 1. The summed E-state index contributed by atoms with van der Waals surface area (Å²) in [6.07, 6.45) is 1.06. The number of aromatic nitrogens is 2. The van der Waals surface area contributed by atoms with E-state index in [0.29, 0.717) is 24.5 Å². The number of nitrogens with zero attached hydrogens (tertiary/aromatic N) is 4. The standard InChI is InChI=1S/C23H23FN4O/c1-16-14-20(25-28(16)21-9-5-4-8-19(21)24)23(29)27-13-12-26-11-10-17-6-2-3-7-18(17)22(26)15-27/h2-9,14,22H,10-13,15H2,1H3. The zero-order valence-electron chi connectivity index (χ0n) is 16.4. The van der Waals surface area contributed by atoms with Crippen LogP contribution in [0.25, 0.3) is 5.69 Å². The van der Waals surface area contributed by atoms with Gasteiger partial charge in [-0.15, -0.1) is 0 Å². The molecule has 1 unspecified atom stereocenters. The first-order chi connectivity index (χ1) is 14.1. The van der Waals surface area contributed by atoms with Crippen LogP contribution < -0.4 is 0 Å². The molecular formula is C23H23FN4O. The van der Waals surface area contributed by atoms with Crippen LogP contribution in [0.1, 0.15) is 33.4 Å². The molecule has 1 fully saturated rings. The van der Waals surface area contributed by atoms with Crippen molar-refractivity contribution in [2.24, 2.45) is 0 Å². The van der Waals surface area contributed by atoms with E-state index in [2.05, 4.69) is 34.3 Å². The fourth-order valence-corrected chi connectivity index (χ4v) is 4.53. The van der Waals surface area contributed by atoms with Crippen molar-refractivity contribution in [3.63, 3.8) is 0 Å². The van der Waals surface area contributed by atoms with Crippen LogP contribution >= 0.6 is 0 Å². The van der Waals surface area contributed by atoms with Gasteiger partial charge >= 0.3 is 0 Å². The Morgan fingerprint density at radius 2 is 1.86 bits per heavy atom. The van der Waals surface area contributed by atoms with Gasteiger partial charge in [-0.3, -0.25) is 9.69 Å². The first-order valence-corrected chi connectivity index (χ1v) is 10.0. The van der Waals surface area contributed by atoms with Gasteiger partial charge in [0.2, 0.25) is 0 Å². The van der Waals surface area contributed by atoms with Crippen molar-refractivity contribution < 1.29 is 9.18 Å². The molecule has 29 heavy (non-hydrogen) atoms. The average Bonchev–Trinajstić information content (AvgIpc) is 3.14. The Hall–Kier alpha value is -2.99. The van der Waals surface area contributed by atoms with Crippen LogP contribution in [-0.2, 0) is 6.42 Å². The molecule has 0 bridgehead atoms. The molecular weight excluding hydrogens is 367 g/mol. The van der Waals surface area contributed by atoms with Gasteiger partial charge in [-0.05, 0) is 42.7 Å². The number of rotatable bonds is 2. The number of hydrogen-bond donors (Lipinski definition) is 0. The number of amides is 1. The number of para-hydroxylation sites is 1. The lowest BCUT2D eigenvalue weighted by Gasteiger charge is -2.44. The normalized spacial score (nSPS) is 19.0. The molecule has 0 saturated carbocycles. The van der Waals surface area contributed by atoms with Gasteiger partial charge in [0.05, 0.1) is 6.04 Å². The van der Waals surface area contributed by atoms with Gasteiger partial charge in [-0.1, -0.05) is 36.4 Å². The lowest BCUT2D eigenvalue weighted by Crippen LogP contribution is -2.52. The molecule has 0 radical (unpaired) electrons. The molecule has 5 rings (SSSR count). The van der Waals surface area contributed by atoms with Gasteiger partial charge in [0.25, 0.3) is 5.91 Å². The fourth-order valence-electron chi connectivity index (χ4n) is 4.53. The molecule has 3 aromatic rings. The Balaban J connectivity index is 1.41. The molecule has 0 N–H and O–H groups in total. The molecule has 3 heterocycles. The summed E-state index contributed by atoms with van der Waals surface area (Å²) in [7, 11) is 0. The number of carbonyl (C=O) groups excluding carboxylic acids is 1. The van der Waals surface area contributed by atoms with Crippen LogP contribution in [0, 0.1) is 12.7 Å². The summed E-state index contributed by atoms with van der Waals surface area (Å²) in [6.45, 7) is 5.07. The van der Waals surface area contributed by atoms with Crippen LogP contribution in [0.3, 0.4) is 0 Å². The Morgan fingerprint density at radius 3 is 2.72 bits per heavy atom. The summed E-state index contributed by atoms with van der Waals surface area (Å²) in [6, 6.07) is 17.0. The van der Waals surface area contributed by atoms with E-state index in [1.807, 2.05) is 11.8 Å². The number of piperazine rings is 1. The van der Waals surface area contributed by atoms with E-state index < -0.39 is 0 Å². The molecule has 2 aliphatic rings. The summed E-state index contributed by atoms with van der Waals surface area (Å²) < 4.78 is 15.7. The number of aryl methyl sites for hydroxylation is 1. The number of fused-ring (bicyclic) bond motifs is 3. The predicted octanol–water partition coefficient (Wildman–Crippen LogP) is 3.38. The Bertz CT molecular complexity index is 1080. The largest absolute Gasteiger partial charge is 0.334 e. The zero-order chi connectivity index (χ0) is 20.0. The highest BCUT2D eigenvalue weighted by molar-refractivity contribution is 5.92. The molecule has 148 valence electrons. The molecule has 6 heteroatoms. The minimum atomic E-state index is -0.356. The lowest BCUT2D eigenvalue weighted by atomic mass is 9.91. The van der Waals surface area contributed by atoms with E-state index in [4.69, 9.17) is 0 Å². The highest BCUT2D eigenvalue weighted by Crippen LogP contribution is 2.32. The Labute approximate surface area is 169 Å². The van der Waals surface area contributed by atoms with Gasteiger partial charge < -0.3 is 4.90 Å². The van der Waals surface area contributed by atoms with Crippen molar-refractivity contribution in [3.05, 3.63) is 82.9 Å². The van der Waals surface area contributed by atoms with E-state index in [9.17, 15) is 9.18 Å². The highest BCUT2D eigenvalue weighted by atomic mass is 19.1. The second kappa shape index (κ2) is 7.12. The molecule has 1 aromatic heterocycles. The second-order valence-electron chi connectivity index (χ2n) is 7.79. The van der Waals surface area contributed by atoms with Crippen LogP contribution in [0.15, 0.2) is 54.6 Å². The maximum atomic E-state index is 14.2. The van der Waals surface area contributed by atoms with E-state index in [1.54, 1.807) is 24.3 Å². The number of benzene rings is 2. The summed E-state index contributed by atoms with van der Waals surface area (Å²) in [4.78, 5) is 17.6. The fraction of sp³-hybridized carbons (Fsp3) is 0.304. The first-order valence-electron chi connectivity index (χ1n) is 10.0. The summed E-state index contributed by atoms with van der Waals surface area (Å²) in [5.41, 5.74) is 4.16. The number of halogens is 1. The third kappa shape index (κ3) is 3.13. The van der Waals surface area contributed by atoms with Crippen molar-refractivity contribution in [2.45, 2.75) is 19.4 Å². The Morgan fingerprint density at radius 1 is 1.07 bits per heavy atom. The van der Waals surface area contributed by atoms with Gasteiger partial charge in [0, 0.05) is 31.9 Å². The van der Waals surface area contributed by atoms with E-state index in [0.717, 1.165) is 25.2 Å². The van der Waals surface area contributed by atoms with Crippen molar-refractivity contribution in [1.82, 2.24) is 19.6 Å². The third-order valence-electron chi connectivity index (χ3n) is 6.05. The second-order valence-corrected chi connectivity index (χ2v) is 7.79. The predicted molar refractivity (Wildman–Crippen MR) is 109 cm³/mol. The SMILES string of the molecule is Cc1cc(C(=O)N2CCN3CCc4ccccc4C3C2)nn1-c1ccccc1F. The minimum absolute atomic E-state index is 0.0918. The smallest absolute Gasteiger partial charge is 0.274 e. The molecule has 1 atom stereocenters. The topological polar surface area (TPSA) is 41.4 Å². The summed E-state index contributed by atoms with van der Waals surface area (Å²) in [5.74, 6) is -0.448. The maximum absolute atomic E-state index is 14.2. The van der Waals surface area contributed by atoms with Crippen LogP contribution in [0.2, 0.25) is 0 Å². The van der Waals surface area contributed by atoms with E-state index in [-0.39, 0.29) is 17.8 Å². The number of hydrogen-bond acceptors (Lipinski definition) is 3. The summed E-state index contributed by atoms with van der Waals surface area (Å²) >= 11 is 0. The third-order valence-corrected chi connectivity index (χ3v) is 6.05. The first kappa shape index (κ1) is 18.1. The molecule has 2 aliphatic heterocycles. The van der Waals surface area contributed by atoms with Crippen LogP contribution in [-0.4, -0.2) is 51.7 Å². The van der Waals surface area contributed by atoms with Crippen LogP contribution in [0.5, 0.6) is 0 Å². The Kier molecular flexibility index (Phi) is 4.43. The monoisotopic (exact) mass is 390 g/mol.